The van der Waals surface area contributed by atoms with Gasteiger partial charge in [-0.15, -0.1) is 27.1 Å². The predicted octanol–water partition coefficient (Wildman–Crippen LogP) is 16.4. The molecule has 6 aromatic heterocycles. The average Bonchev–Trinajstić information content (AvgIpc) is 1.57. The fourth-order valence-corrected chi connectivity index (χ4v) is 18.1. The molecule has 15 aromatic rings. The lowest BCUT2D eigenvalue weighted by Gasteiger charge is -2.39. The summed E-state index contributed by atoms with van der Waals surface area (Å²) < 4.78 is 83.5. The third-order valence-electron chi connectivity index (χ3n) is 23.4. The Bertz CT molecular complexity index is 6180. The Balaban J connectivity index is 0.000000152. The van der Waals surface area contributed by atoms with Gasteiger partial charge in [0.05, 0.1) is 104 Å². The summed E-state index contributed by atoms with van der Waals surface area (Å²) in [4.78, 5) is 26.9. The van der Waals surface area contributed by atoms with Crippen molar-refractivity contribution in [2.24, 2.45) is 0 Å². The van der Waals surface area contributed by atoms with Crippen LogP contribution in [0.5, 0.6) is 0 Å². The summed E-state index contributed by atoms with van der Waals surface area (Å²) in [6.45, 7) is 9.15. The Morgan fingerprint density at radius 1 is 0.346 bits per heavy atom. The lowest BCUT2D eigenvalue weighted by atomic mass is 9.87. The van der Waals surface area contributed by atoms with Crippen LogP contribution < -0.4 is 17.6 Å². The molecule has 133 heavy (non-hydrogen) atoms. The van der Waals surface area contributed by atoms with E-state index < -0.39 is 71.1 Å². The molecule has 33 heteroatoms. The van der Waals surface area contributed by atoms with Gasteiger partial charge in [0.15, 0.2) is 39.8 Å². The van der Waals surface area contributed by atoms with E-state index >= 15 is 0 Å². The third-order valence-corrected chi connectivity index (χ3v) is 25.7. The molecule has 18 rings (SSSR count). The number of nitrogen functional groups attached to an aromatic ring is 2. The van der Waals surface area contributed by atoms with E-state index in [0.29, 0.717) is 94.3 Å². The van der Waals surface area contributed by atoms with Crippen LogP contribution in [0.4, 0.5) is 11.6 Å². The molecule has 0 aliphatic carbocycles. The first-order valence-electron chi connectivity index (χ1n) is 43.2. The second kappa shape index (κ2) is 44.9. The molecule has 3 aliphatic rings. The molecular weight excluding hydrogens is 1760 g/mol. The molecule has 9 N–H and O–H groups in total. The first-order chi connectivity index (χ1) is 64.4. The average molecular weight is 1870 g/mol. The van der Waals surface area contributed by atoms with Crippen molar-refractivity contribution < 1.29 is 67.1 Å². The van der Waals surface area contributed by atoms with Crippen LogP contribution in [0.3, 0.4) is 0 Å². The highest BCUT2D eigenvalue weighted by molar-refractivity contribution is 7.99. The number of benzene rings is 9. The lowest BCUT2D eigenvalue weighted by molar-refractivity contribution is -0.294. The summed E-state index contributed by atoms with van der Waals surface area (Å²) in [6.07, 6.45) is 7.95. The van der Waals surface area contributed by atoms with Gasteiger partial charge in [-0.1, -0.05) is 308 Å². The number of anilines is 2. The fraction of sp³-hybridized carbons (Fsp3) is 0.310. The molecule has 9 heterocycles. The van der Waals surface area contributed by atoms with Crippen molar-refractivity contribution in [2.45, 2.75) is 172 Å². The topological polar surface area (TPSA) is 368 Å². The van der Waals surface area contributed by atoms with Crippen molar-refractivity contribution in [1.29, 1.82) is 0 Å². The molecule has 12 atom stereocenters. The minimum Gasteiger partial charge on any atom is -0.380 e. The van der Waals surface area contributed by atoms with Crippen LogP contribution in [-0.4, -0.2) is 167 Å². The molecule has 0 spiro atoms. The molecule has 3 saturated heterocycles. The van der Waals surface area contributed by atoms with E-state index in [-0.39, 0.29) is 57.3 Å². The van der Waals surface area contributed by atoms with Crippen molar-refractivity contribution in [3.05, 3.63) is 359 Å². The Morgan fingerprint density at radius 2 is 0.639 bits per heavy atom. The Kier molecular flexibility index (Phi) is 32.6. The Morgan fingerprint density at radius 3 is 1.00 bits per heavy atom. The van der Waals surface area contributed by atoms with E-state index in [2.05, 4.69) is 35.0 Å². The molecular formula is C100H109N15O14S4. The second-order valence-corrected chi connectivity index (χ2v) is 35.4. The summed E-state index contributed by atoms with van der Waals surface area (Å²) in [6, 6.07) is 89.4. The van der Waals surface area contributed by atoms with Crippen LogP contribution in [0.15, 0.2) is 312 Å². The van der Waals surface area contributed by atoms with Gasteiger partial charge in [-0.25, -0.2) is 43.5 Å². The maximum Gasteiger partial charge on any atom is 0.244 e. The molecule has 3 aliphatic heterocycles. The monoisotopic (exact) mass is 1870 g/mol. The van der Waals surface area contributed by atoms with Gasteiger partial charge >= 0.3 is 0 Å². The number of ether oxygens (including phenoxy) is 12. The van der Waals surface area contributed by atoms with Crippen molar-refractivity contribution >= 4 is 75.6 Å². The van der Waals surface area contributed by atoms with Crippen LogP contribution in [0.2, 0.25) is 0 Å². The minimum absolute atomic E-state index is 0. The number of fused-ring (bicyclic) bond motifs is 3. The van der Waals surface area contributed by atoms with Crippen molar-refractivity contribution in [3.63, 3.8) is 0 Å². The van der Waals surface area contributed by atoms with Crippen LogP contribution in [0, 0.1) is 0 Å². The van der Waals surface area contributed by atoms with Crippen LogP contribution >= 0.6 is 47.0 Å². The van der Waals surface area contributed by atoms with Gasteiger partial charge in [-0.3, -0.25) is 0 Å². The van der Waals surface area contributed by atoms with Gasteiger partial charge < -0.3 is 84.7 Å². The first kappa shape index (κ1) is 96.6. The Labute approximate surface area is 789 Å². The normalized spacial score (nSPS) is 22.6. The highest BCUT2D eigenvalue weighted by Crippen LogP contribution is 2.53. The molecule has 2 unspecified atom stereocenters. The number of hydrogen-bond donors (Lipinski definition) is 5. The highest BCUT2D eigenvalue weighted by atomic mass is 32.2. The van der Waals surface area contributed by atoms with Gasteiger partial charge in [-0.2, -0.15) is 0 Å². The van der Waals surface area contributed by atoms with Crippen molar-refractivity contribution in [1.82, 2.24) is 64.9 Å². The zero-order chi connectivity index (χ0) is 91.5. The number of rotatable bonds is 37. The molecule has 9 aromatic carbocycles. The fourth-order valence-electron chi connectivity index (χ4n) is 16.4. The maximum atomic E-state index is 12.8. The summed E-state index contributed by atoms with van der Waals surface area (Å²) in [5.41, 5.74) is 20.3. The Hall–Kier alpha value is -11.0. The van der Waals surface area contributed by atoms with Crippen LogP contribution in [0.1, 0.15) is 94.0 Å². The van der Waals surface area contributed by atoms with Crippen molar-refractivity contribution in [2.75, 3.05) is 56.3 Å². The van der Waals surface area contributed by atoms with Crippen LogP contribution in [0.25, 0.3) is 16.9 Å². The van der Waals surface area contributed by atoms with Gasteiger partial charge in [0.2, 0.25) is 27.0 Å². The second-order valence-electron chi connectivity index (χ2n) is 32.3. The van der Waals surface area contributed by atoms with E-state index in [1.165, 1.54) is 57.8 Å². The number of nitrogens with zero attached hydrogens (tertiary/aromatic N) is 12. The summed E-state index contributed by atoms with van der Waals surface area (Å²) in [5.74, 6) is -3.61. The zero-order valence-corrected chi connectivity index (χ0v) is 78.2. The number of aliphatic hydroxyl groups is 2. The van der Waals surface area contributed by atoms with Gasteiger partial charge in [0, 0.05) is 0 Å². The number of hydrogen-bond acceptors (Lipinski definition) is 30. The molecule has 692 valence electrons. The molecule has 0 radical (unpaired) electrons. The molecule has 29 nitrogen and oxygen atoms in total. The largest absolute Gasteiger partial charge is 0.380 e. The summed E-state index contributed by atoms with van der Waals surface area (Å²) >= 11 is 5.60. The standard InChI is InChI=1S/C34H36N4O5S2.C33H35N5O5S.C33H35N5O4S.H3N/c1-33(42-22-26-17-11-6-12-18-26)29(41-21-25-15-9-5-10-16-25)27(23-40-20-24-13-7-4-8-14-24)43-34(33,39)28-19-35-30-31(44-2)36-32(45-3)37-38(28)30;1-32(42-21-25-16-10-5-11-17-25)28(41-20-24-14-8-4-9-15-24)26(22-40-19-23-12-6-3-7-13-23)43-33(32,39)27-18-35-30-29(34)36-31(44-2)37-38(27)30;1-33(41-21-25-16-10-5-11-17-25)28(26-18-35-31-30(34)36-32(43-2)37-38(26)31)42-27(22-39-19-23-12-6-3-7-13-23)29(33)40-20-24-14-8-4-9-15-24;/h4-19,27,29,39H,20-23H2,1-3H3;3-18,26,28,39H,19-22H2,1-2H3,(H2,34,36,37);3-18,27-29H,19-22H2,1-2H3,(H2,34,36,37);1H3/t27-,29-,33-,34?;26-,28-,32-,33?;27-,28+,29-,33+;/m111./s1. The maximum absolute atomic E-state index is 12.8. The molecule has 0 saturated carbocycles. The van der Waals surface area contributed by atoms with E-state index in [0.717, 1.165) is 50.1 Å². The van der Waals surface area contributed by atoms with E-state index in [1.807, 2.05) is 312 Å². The third kappa shape index (κ3) is 22.0. The predicted molar refractivity (Wildman–Crippen MR) is 511 cm³/mol. The SMILES string of the molecule is CSc1nc(N)c2ncc(C3(O)O[C@H](COCc4ccccc4)[C@@H](OCc4ccccc4)[C@@]3(C)OCc3ccccc3)n2n1.CSc1nc(N)c2ncc([C@@H]3O[C@H](COCc4ccccc4)[C@@H](OCc4ccccc4)[C@@]3(C)OCc3ccccc3)n2n1.CSc1nc(SC)c2ncc(C3(O)O[C@H](COCc4ccccc4)[C@@H](OCc4ccccc4)[C@@]3(C)OCc3ccccc3)n2n1.N. The molecule has 0 bridgehead atoms. The summed E-state index contributed by atoms with van der Waals surface area (Å²) in [5, 5.41) is 41.7. The van der Waals surface area contributed by atoms with Gasteiger partial charge in [0.25, 0.3) is 0 Å². The van der Waals surface area contributed by atoms with Gasteiger partial charge in [0.1, 0.15) is 64.7 Å². The van der Waals surface area contributed by atoms with E-state index in [9.17, 15) is 10.2 Å². The summed E-state index contributed by atoms with van der Waals surface area (Å²) in [7, 11) is 0. The van der Waals surface area contributed by atoms with Gasteiger partial charge in [-0.05, 0) is 95.9 Å². The van der Waals surface area contributed by atoms with Crippen molar-refractivity contribution in [3.8, 4) is 0 Å². The molecule has 3 fully saturated rings. The number of thioether (sulfide) groups is 4. The van der Waals surface area contributed by atoms with E-state index in [1.54, 1.807) is 28.3 Å². The minimum atomic E-state index is -2.07. The highest BCUT2D eigenvalue weighted by Gasteiger charge is 2.69. The first-order valence-corrected chi connectivity index (χ1v) is 48.1. The lowest BCUT2D eigenvalue weighted by Crippen LogP contribution is -2.55. The zero-order valence-electron chi connectivity index (χ0n) is 74.9. The smallest absolute Gasteiger partial charge is 0.244 e. The number of aromatic nitrogens is 12. The molecule has 0 amide bonds. The number of imidazole rings is 3. The quantitative estimate of drug-likeness (QED) is 0.0226. The van der Waals surface area contributed by atoms with Crippen LogP contribution in [-0.2, 0) is 128 Å². The van der Waals surface area contributed by atoms with E-state index in [4.69, 9.17) is 78.5 Å². The number of nitrogens with two attached hydrogens (primary N) is 2.